The number of carbonyl (C=O) groups excluding carboxylic acids is 1. The summed E-state index contributed by atoms with van der Waals surface area (Å²) in [7, 11) is -3.71. The van der Waals surface area contributed by atoms with Gasteiger partial charge < -0.3 is 14.6 Å². The van der Waals surface area contributed by atoms with Crippen LogP contribution in [-0.2, 0) is 16.6 Å². The molecule has 0 unspecified atom stereocenters. The SMILES string of the molecule is C=CCOc1ccc(C(=O)Nc2ccc(S(=O)(=O)N3C[C@H]4C[C@@H](C3)c3cccc(=O)n3C4)cc2)cc1. The number of hydrogen-bond acceptors (Lipinski definition) is 5. The smallest absolute Gasteiger partial charge is 0.255 e. The zero-order chi connectivity index (χ0) is 25.3. The number of pyridine rings is 1. The van der Waals surface area contributed by atoms with Crippen molar-refractivity contribution in [1.82, 2.24) is 8.87 Å². The average Bonchev–Trinajstić information content (AvgIpc) is 2.88. The van der Waals surface area contributed by atoms with Crippen molar-refractivity contribution in [1.29, 1.82) is 0 Å². The molecule has 1 N–H and O–H groups in total. The van der Waals surface area contributed by atoms with E-state index in [1.165, 1.54) is 16.4 Å². The molecule has 1 saturated heterocycles. The Balaban J connectivity index is 1.27. The summed E-state index contributed by atoms with van der Waals surface area (Å²) < 4.78 is 35.6. The van der Waals surface area contributed by atoms with E-state index in [-0.39, 0.29) is 28.2 Å². The number of sulfonamides is 1. The van der Waals surface area contributed by atoms with Gasteiger partial charge in [-0.25, -0.2) is 8.42 Å². The van der Waals surface area contributed by atoms with Gasteiger partial charge in [0.25, 0.3) is 11.5 Å². The van der Waals surface area contributed by atoms with Gasteiger partial charge in [-0.3, -0.25) is 9.59 Å². The van der Waals surface area contributed by atoms with Crippen LogP contribution in [0.5, 0.6) is 5.75 Å². The maximum absolute atomic E-state index is 13.4. The Morgan fingerprint density at radius 2 is 1.78 bits per heavy atom. The van der Waals surface area contributed by atoms with E-state index in [0.29, 0.717) is 43.2 Å². The molecule has 0 aliphatic carbocycles. The van der Waals surface area contributed by atoms with Crippen molar-refractivity contribution in [3.63, 3.8) is 0 Å². The van der Waals surface area contributed by atoms with E-state index in [2.05, 4.69) is 11.9 Å². The molecular formula is C27H27N3O5S. The number of aromatic nitrogens is 1. The number of anilines is 1. The number of nitrogens with one attached hydrogen (secondary N) is 1. The standard InChI is InChI=1S/C27H27N3O5S/c1-2-14-35-23-10-6-20(7-11-23)27(32)28-22-8-12-24(13-9-22)36(33,34)29-16-19-15-21(18-29)25-4-3-5-26(31)30(25)17-19/h2-13,19,21H,1,14-18H2,(H,28,32)/t19-,21+/m1/s1. The first-order valence-corrected chi connectivity index (χ1v) is 13.2. The molecule has 3 heterocycles. The van der Waals surface area contributed by atoms with Gasteiger partial charge in [0.1, 0.15) is 12.4 Å². The molecular weight excluding hydrogens is 478 g/mol. The molecule has 1 fully saturated rings. The molecule has 2 aliphatic rings. The Morgan fingerprint density at radius 1 is 1.03 bits per heavy atom. The van der Waals surface area contributed by atoms with Crippen LogP contribution < -0.4 is 15.6 Å². The van der Waals surface area contributed by atoms with E-state index in [9.17, 15) is 18.0 Å². The Labute approximate surface area is 209 Å². The number of fused-ring (bicyclic) bond motifs is 4. The predicted molar refractivity (Wildman–Crippen MR) is 137 cm³/mol. The summed E-state index contributed by atoms with van der Waals surface area (Å²) in [5.74, 6) is 0.420. The van der Waals surface area contributed by atoms with E-state index in [1.807, 2.05) is 6.07 Å². The number of amides is 1. The second kappa shape index (κ2) is 9.75. The number of benzene rings is 2. The van der Waals surface area contributed by atoms with E-state index >= 15 is 0 Å². The van der Waals surface area contributed by atoms with Crippen LogP contribution in [-0.4, -0.2) is 42.9 Å². The van der Waals surface area contributed by atoms with Crippen molar-refractivity contribution in [3.05, 3.63) is 101 Å². The second-order valence-corrected chi connectivity index (χ2v) is 11.1. The third kappa shape index (κ3) is 4.72. The molecule has 2 aliphatic heterocycles. The summed E-state index contributed by atoms with van der Waals surface area (Å²) >= 11 is 0. The third-order valence-electron chi connectivity index (χ3n) is 6.68. The average molecular weight is 506 g/mol. The lowest BCUT2D eigenvalue weighted by Gasteiger charge is -2.42. The third-order valence-corrected chi connectivity index (χ3v) is 8.53. The Kier molecular flexibility index (Phi) is 6.51. The quantitative estimate of drug-likeness (QED) is 0.496. The lowest BCUT2D eigenvalue weighted by atomic mass is 9.84. The number of hydrogen-bond donors (Lipinski definition) is 1. The van der Waals surface area contributed by atoms with Crippen LogP contribution in [0.3, 0.4) is 0 Å². The second-order valence-electron chi connectivity index (χ2n) is 9.12. The molecule has 3 aromatic rings. The predicted octanol–water partition coefficient (Wildman–Crippen LogP) is 3.47. The lowest BCUT2D eigenvalue weighted by molar-refractivity contribution is 0.102. The van der Waals surface area contributed by atoms with Crippen molar-refractivity contribution in [2.75, 3.05) is 25.0 Å². The maximum Gasteiger partial charge on any atom is 0.255 e. The molecule has 1 amide bonds. The number of piperidine rings is 1. The van der Waals surface area contributed by atoms with Gasteiger partial charge in [-0.05, 0) is 66.9 Å². The Hall–Kier alpha value is -3.69. The summed E-state index contributed by atoms with van der Waals surface area (Å²) in [4.78, 5) is 25.0. The number of carbonyl (C=O) groups is 1. The lowest BCUT2D eigenvalue weighted by Crippen LogP contribution is -2.48. The van der Waals surface area contributed by atoms with Crippen LogP contribution >= 0.6 is 0 Å². The first kappa shape index (κ1) is 24.0. The van der Waals surface area contributed by atoms with Gasteiger partial charge in [0.2, 0.25) is 10.0 Å². The van der Waals surface area contributed by atoms with E-state index in [4.69, 9.17) is 4.74 Å². The highest BCUT2D eigenvalue weighted by Crippen LogP contribution is 2.37. The normalized spacial score (nSPS) is 19.2. The minimum atomic E-state index is -3.71. The maximum atomic E-state index is 13.4. The van der Waals surface area contributed by atoms with Gasteiger partial charge in [0.05, 0.1) is 4.90 Å². The van der Waals surface area contributed by atoms with E-state index in [0.717, 1.165) is 12.1 Å². The minimum Gasteiger partial charge on any atom is -0.490 e. The largest absolute Gasteiger partial charge is 0.490 e. The number of nitrogens with zero attached hydrogens (tertiary/aromatic N) is 2. The molecule has 0 radical (unpaired) electrons. The molecule has 9 heteroatoms. The summed E-state index contributed by atoms with van der Waals surface area (Å²) in [6.45, 7) is 5.23. The van der Waals surface area contributed by atoms with Gasteiger partial charge in [-0.2, -0.15) is 4.31 Å². The van der Waals surface area contributed by atoms with Crippen molar-refractivity contribution in [2.24, 2.45) is 5.92 Å². The zero-order valence-electron chi connectivity index (χ0n) is 19.7. The number of rotatable bonds is 7. The van der Waals surface area contributed by atoms with Gasteiger partial charge >= 0.3 is 0 Å². The highest BCUT2D eigenvalue weighted by atomic mass is 32.2. The van der Waals surface area contributed by atoms with Crippen LogP contribution in [0.1, 0.15) is 28.4 Å². The highest BCUT2D eigenvalue weighted by Gasteiger charge is 2.39. The van der Waals surface area contributed by atoms with Crippen molar-refractivity contribution in [2.45, 2.75) is 23.8 Å². The van der Waals surface area contributed by atoms with Crippen molar-refractivity contribution < 1.29 is 17.9 Å². The van der Waals surface area contributed by atoms with Crippen LogP contribution in [0.15, 0.2) is 89.1 Å². The molecule has 0 spiro atoms. The van der Waals surface area contributed by atoms with Crippen LogP contribution in [0, 0.1) is 5.92 Å². The fourth-order valence-corrected chi connectivity index (χ4v) is 6.53. The molecule has 5 rings (SSSR count). The zero-order valence-corrected chi connectivity index (χ0v) is 20.5. The number of ether oxygens (including phenoxy) is 1. The van der Waals surface area contributed by atoms with Crippen molar-refractivity contribution in [3.8, 4) is 5.75 Å². The molecule has 8 nitrogen and oxygen atoms in total. The molecule has 2 atom stereocenters. The Morgan fingerprint density at radius 3 is 2.50 bits per heavy atom. The van der Waals surface area contributed by atoms with Gasteiger partial charge in [-0.1, -0.05) is 18.7 Å². The van der Waals surface area contributed by atoms with Crippen LogP contribution in [0.4, 0.5) is 5.69 Å². The summed E-state index contributed by atoms with van der Waals surface area (Å²) in [6.07, 6.45) is 2.52. The highest BCUT2D eigenvalue weighted by molar-refractivity contribution is 7.89. The van der Waals surface area contributed by atoms with Crippen LogP contribution in [0.2, 0.25) is 0 Å². The molecule has 2 aromatic carbocycles. The molecule has 1 aromatic heterocycles. The van der Waals surface area contributed by atoms with Gasteiger partial charge in [-0.15, -0.1) is 0 Å². The van der Waals surface area contributed by atoms with Gasteiger partial charge in [0.15, 0.2) is 0 Å². The molecule has 0 saturated carbocycles. The summed E-state index contributed by atoms with van der Waals surface area (Å²) in [5, 5.41) is 2.79. The fourth-order valence-electron chi connectivity index (χ4n) is 4.97. The van der Waals surface area contributed by atoms with E-state index < -0.39 is 10.0 Å². The van der Waals surface area contributed by atoms with E-state index in [1.54, 1.807) is 59.2 Å². The van der Waals surface area contributed by atoms with Gasteiger partial charge in [0, 0.05) is 48.6 Å². The first-order chi connectivity index (χ1) is 17.3. The molecule has 2 bridgehead atoms. The van der Waals surface area contributed by atoms with Crippen molar-refractivity contribution >= 4 is 21.6 Å². The minimum absolute atomic E-state index is 0.00621. The monoisotopic (exact) mass is 505 g/mol. The van der Waals surface area contributed by atoms with Crippen LogP contribution in [0.25, 0.3) is 0 Å². The topological polar surface area (TPSA) is 97.7 Å². The molecule has 36 heavy (non-hydrogen) atoms. The Bertz CT molecular complexity index is 1450. The summed E-state index contributed by atoms with van der Waals surface area (Å²) in [6, 6.07) is 18.1. The fraction of sp³-hybridized carbons (Fsp3) is 0.259. The molecule has 186 valence electrons. The first-order valence-electron chi connectivity index (χ1n) is 11.8. The summed E-state index contributed by atoms with van der Waals surface area (Å²) in [5.41, 5.74) is 1.82.